The third-order valence-corrected chi connectivity index (χ3v) is 3.53. The highest BCUT2D eigenvalue weighted by atomic mass is 16.6. The number of nitrogens with one attached hydrogen (secondary N) is 2. The molecule has 1 aromatic heterocycles. The molecule has 1 aromatic rings. The van der Waals surface area contributed by atoms with E-state index in [9.17, 15) is 10.1 Å². The molecular formula is C13H21N5O2. The Hall–Kier alpha value is -1.92. The Kier molecular flexibility index (Phi) is 4.70. The molecule has 1 fully saturated rings. The number of hydrogen-bond acceptors (Lipinski definition) is 6. The minimum Gasteiger partial charge on any atom is -0.361 e. The maximum Gasteiger partial charge on any atom is 0.329 e. The van der Waals surface area contributed by atoms with E-state index in [2.05, 4.69) is 27.5 Å². The highest BCUT2D eigenvalue weighted by Crippen LogP contribution is 2.30. The Morgan fingerprint density at radius 2 is 2.30 bits per heavy atom. The summed E-state index contributed by atoms with van der Waals surface area (Å²) < 4.78 is 0. The van der Waals surface area contributed by atoms with E-state index in [0.717, 1.165) is 32.2 Å². The van der Waals surface area contributed by atoms with Crippen molar-refractivity contribution in [2.24, 2.45) is 5.92 Å². The van der Waals surface area contributed by atoms with Gasteiger partial charge in [-0.1, -0.05) is 13.8 Å². The van der Waals surface area contributed by atoms with Crippen LogP contribution in [0, 0.1) is 16.0 Å². The van der Waals surface area contributed by atoms with Gasteiger partial charge >= 0.3 is 5.69 Å². The van der Waals surface area contributed by atoms with Crippen LogP contribution < -0.4 is 10.6 Å². The molecule has 0 aliphatic heterocycles. The number of anilines is 2. The fourth-order valence-corrected chi connectivity index (χ4v) is 2.47. The predicted octanol–water partition coefficient (Wildman–Crippen LogP) is 2.81. The number of aromatic nitrogens is 2. The smallest absolute Gasteiger partial charge is 0.329 e. The van der Waals surface area contributed by atoms with Crippen LogP contribution in [-0.4, -0.2) is 27.5 Å². The van der Waals surface area contributed by atoms with Crippen molar-refractivity contribution in [2.75, 3.05) is 17.2 Å². The molecule has 0 amide bonds. The van der Waals surface area contributed by atoms with E-state index in [1.54, 1.807) is 0 Å². The van der Waals surface area contributed by atoms with Crippen LogP contribution >= 0.6 is 0 Å². The molecule has 0 aromatic carbocycles. The second kappa shape index (κ2) is 6.49. The van der Waals surface area contributed by atoms with E-state index in [0.29, 0.717) is 17.7 Å². The minimum absolute atomic E-state index is 0.0633. The molecule has 2 N–H and O–H groups in total. The molecule has 0 spiro atoms. The Bertz CT molecular complexity index is 480. The summed E-state index contributed by atoms with van der Waals surface area (Å²) in [5.41, 5.74) is -0.0633. The van der Waals surface area contributed by atoms with Gasteiger partial charge in [-0.25, -0.2) is 4.98 Å². The lowest BCUT2D eigenvalue weighted by Gasteiger charge is -2.14. The normalized spacial score (nSPS) is 21.7. The summed E-state index contributed by atoms with van der Waals surface area (Å²) >= 11 is 0. The molecule has 2 unspecified atom stereocenters. The maximum absolute atomic E-state index is 11.1. The number of nitro groups is 1. The van der Waals surface area contributed by atoms with E-state index in [4.69, 9.17) is 0 Å². The molecule has 110 valence electrons. The van der Waals surface area contributed by atoms with Gasteiger partial charge in [0.1, 0.15) is 6.20 Å². The lowest BCUT2D eigenvalue weighted by atomic mass is 10.1. The zero-order chi connectivity index (χ0) is 14.5. The van der Waals surface area contributed by atoms with Crippen LogP contribution in [0.15, 0.2) is 6.20 Å². The fourth-order valence-electron chi connectivity index (χ4n) is 2.47. The first kappa shape index (κ1) is 14.5. The van der Waals surface area contributed by atoms with Gasteiger partial charge in [0.2, 0.25) is 11.8 Å². The van der Waals surface area contributed by atoms with Gasteiger partial charge in [0.15, 0.2) is 0 Å². The highest BCUT2D eigenvalue weighted by molar-refractivity contribution is 5.57. The Morgan fingerprint density at radius 3 is 2.90 bits per heavy atom. The molecule has 7 nitrogen and oxygen atoms in total. The first-order chi connectivity index (χ1) is 9.60. The number of hydrogen-bond donors (Lipinski definition) is 2. The van der Waals surface area contributed by atoms with E-state index < -0.39 is 4.92 Å². The Balaban J connectivity index is 2.15. The second-order valence-corrected chi connectivity index (χ2v) is 5.37. The van der Waals surface area contributed by atoms with Crippen molar-refractivity contribution in [3.05, 3.63) is 16.3 Å². The van der Waals surface area contributed by atoms with Gasteiger partial charge in [0, 0.05) is 12.6 Å². The lowest BCUT2D eigenvalue weighted by molar-refractivity contribution is -0.384. The summed E-state index contributed by atoms with van der Waals surface area (Å²) in [6.07, 6.45) is 5.42. The molecule has 1 aliphatic carbocycles. The average Bonchev–Trinajstić information content (AvgIpc) is 2.81. The first-order valence-corrected chi connectivity index (χ1v) is 7.12. The van der Waals surface area contributed by atoms with Gasteiger partial charge in [-0.3, -0.25) is 10.1 Å². The van der Waals surface area contributed by atoms with Gasteiger partial charge < -0.3 is 10.6 Å². The van der Waals surface area contributed by atoms with E-state index in [-0.39, 0.29) is 11.7 Å². The van der Waals surface area contributed by atoms with Crippen molar-refractivity contribution in [3.8, 4) is 0 Å². The zero-order valence-electron chi connectivity index (χ0n) is 11.9. The van der Waals surface area contributed by atoms with Gasteiger partial charge in [-0.05, 0) is 31.6 Å². The average molecular weight is 279 g/mol. The van der Waals surface area contributed by atoms with Crippen molar-refractivity contribution in [1.29, 1.82) is 0 Å². The van der Waals surface area contributed by atoms with Crippen molar-refractivity contribution >= 4 is 17.5 Å². The Morgan fingerprint density at radius 1 is 1.50 bits per heavy atom. The molecule has 0 bridgehead atoms. The first-order valence-electron chi connectivity index (χ1n) is 7.12. The summed E-state index contributed by atoms with van der Waals surface area (Å²) in [7, 11) is 0. The number of nitrogens with zero attached hydrogens (tertiary/aromatic N) is 3. The molecular weight excluding hydrogens is 258 g/mol. The van der Waals surface area contributed by atoms with Crippen LogP contribution in [0.2, 0.25) is 0 Å². The molecule has 7 heteroatoms. The van der Waals surface area contributed by atoms with Crippen LogP contribution in [0.4, 0.5) is 17.5 Å². The molecule has 1 heterocycles. The monoisotopic (exact) mass is 279 g/mol. The van der Waals surface area contributed by atoms with Gasteiger partial charge in [0.05, 0.1) is 4.92 Å². The largest absolute Gasteiger partial charge is 0.361 e. The van der Waals surface area contributed by atoms with E-state index in [1.807, 2.05) is 6.92 Å². The van der Waals surface area contributed by atoms with Crippen molar-refractivity contribution < 1.29 is 4.92 Å². The highest BCUT2D eigenvalue weighted by Gasteiger charge is 2.25. The van der Waals surface area contributed by atoms with Crippen molar-refractivity contribution in [1.82, 2.24) is 9.97 Å². The van der Waals surface area contributed by atoms with Crippen molar-refractivity contribution in [3.63, 3.8) is 0 Å². The van der Waals surface area contributed by atoms with Crippen LogP contribution in [0.1, 0.15) is 39.5 Å². The summed E-state index contributed by atoms with van der Waals surface area (Å²) in [6, 6.07) is 0.262. The molecule has 0 saturated heterocycles. The third-order valence-electron chi connectivity index (χ3n) is 3.53. The van der Waals surface area contributed by atoms with E-state index in [1.165, 1.54) is 6.20 Å². The summed E-state index contributed by atoms with van der Waals surface area (Å²) in [5.74, 6) is 1.42. The van der Waals surface area contributed by atoms with Crippen LogP contribution in [0.3, 0.4) is 0 Å². The van der Waals surface area contributed by atoms with Crippen LogP contribution in [-0.2, 0) is 0 Å². The maximum atomic E-state index is 11.1. The van der Waals surface area contributed by atoms with Crippen LogP contribution in [0.25, 0.3) is 0 Å². The molecule has 1 aliphatic rings. The van der Waals surface area contributed by atoms with Gasteiger partial charge in [-0.2, -0.15) is 4.98 Å². The molecule has 2 atom stereocenters. The van der Waals surface area contributed by atoms with Gasteiger partial charge in [-0.15, -0.1) is 0 Å². The van der Waals surface area contributed by atoms with Gasteiger partial charge in [0.25, 0.3) is 0 Å². The van der Waals surface area contributed by atoms with Crippen molar-refractivity contribution in [2.45, 2.75) is 45.6 Å². The fraction of sp³-hybridized carbons (Fsp3) is 0.692. The lowest BCUT2D eigenvalue weighted by Crippen LogP contribution is -2.18. The number of rotatable bonds is 6. The Labute approximate surface area is 118 Å². The summed E-state index contributed by atoms with van der Waals surface area (Å²) in [6.45, 7) is 4.99. The molecule has 2 rings (SSSR count). The predicted molar refractivity (Wildman–Crippen MR) is 77.9 cm³/mol. The molecule has 1 saturated carbocycles. The van der Waals surface area contributed by atoms with E-state index >= 15 is 0 Å². The zero-order valence-corrected chi connectivity index (χ0v) is 11.9. The van der Waals surface area contributed by atoms with Crippen LogP contribution in [0.5, 0.6) is 0 Å². The SMILES string of the molecule is CCCNc1ncc([N+](=O)[O-])c(NC2CCC(C)C2)n1. The summed E-state index contributed by atoms with van der Waals surface area (Å²) in [4.78, 5) is 18.8. The standard InChI is InChI=1S/C13H21N5O2/c1-3-6-14-13-15-8-11(18(19)20)12(17-13)16-10-5-4-9(2)7-10/h8-10H,3-7H2,1-2H3,(H2,14,15,16,17). The molecule has 20 heavy (non-hydrogen) atoms. The summed E-state index contributed by atoms with van der Waals surface area (Å²) in [5, 5.41) is 17.3. The second-order valence-electron chi connectivity index (χ2n) is 5.37. The third kappa shape index (κ3) is 3.55. The topological polar surface area (TPSA) is 93.0 Å². The molecule has 0 radical (unpaired) electrons. The quantitative estimate of drug-likeness (QED) is 0.614. The minimum atomic E-state index is -0.440.